The highest BCUT2D eigenvalue weighted by Gasteiger charge is 2.31. The van der Waals surface area contributed by atoms with Crippen LogP contribution in [0.5, 0.6) is 5.75 Å². The summed E-state index contributed by atoms with van der Waals surface area (Å²) in [6.07, 6.45) is 3.22. The Labute approximate surface area is 117 Å². The Hall–Kier alpha value is -0.580. The molecule has 0 radical (unpaired) electrons. The Morgan fingerprint density at radius 2 is 2.28 bits per heavy atom. The van der Waals surface area contributed by atoms with E-state index in [1.807, 2.05) is 24.3 Å². The van der Waals surface area contributed by atoms with Gasteiger partial charge < -0.3 is 15.2 Å². The highest BCUT2D eigenvalue weighted by atomic mass is 79.9. The zero-order valence-corrected chi connectivity index (χ0v) is 12.2. The van der Waals surface area contributed by atoms with Crippen LogP contribution in [0.15, 0.2) is 28.7 Å². The van der Waals surface area contributed by atoms with Crippen molar-refractivity contribution in [1.82, 2.24) is 5.32 Å². The lowest BCUT2D eigenvalue weighted by molar-refractivity contribution is 0.0867. The number of aliphatic hydroxyl groups is 1. The number of aliphatic hydroxyl groups excluding tert-OH is 1. The van der Waals surface area contributed by atoms with Crippen molar-refractivity contribution in [3.63, 3.8) is 0 Å². The van der Waals surface area contributed by atoms with E-state index < -0.39 is 6.10 Å². The van der Waals surface area contributed by atoms with Crippen LogP contribution in [0.1, 0.15) is 26.2 Å². The maximum Gasteiger partial charge on any atom is 0.120 e. The molecule has 1 unspecified atom stereocenters. The van der Waals surface area contributed by atoms with E-state index in [2.05, 4.69) is 28.2 Å². The van der Waals surface area contributed by atoms with Gasteiger partial charge in [-0.05, 0) is 44.4 Å². The zero-order valence-electron chi connectivity index (χ0n) is 10.7. The van der Waals surface area contributed by atoms with E-state index in [1.54, 1.807) is 0 Å². The predicted molar refractivity (Wildman–Crippen MR) is 75.9 cm³/mol. The summed E-state index contributed by atoms with van der Waals surface area (Å²) < 4.78 is 6.53. The zero-order chi connectivity index (χ0) is 13.0. The summed E-state index contributed by atoms with van der Waals surface area (Å²) in [5, 5.41) is 13.3. The van der Waals surface area contributed by atoms with E-state index in [9.17, 15) is 5.11 Å². The molecule has 0 amide bonds. The van der Waals surface area contributed by atoms with Crippen LogP contribution in [-0.2, 0) is 0 Å². The Balaban J connectivity index is 1.69. The lowest BCUT2D eigenvalue weighted by Gasteiger charge is -2.40. The quantitative estimate of drug-likeness (QED) is 0.848. The molecule has 0 aliphatic heterocycles. The van der Waals surface area contributed by atoms with Crippen LogP contribution < -0.4 is 10.1 Å². The number of halogens is 1. The fourth-order valence-electron chi connectivity index (χ4n) is 2.06. The molecule has 2 rings (SSSR count). The van der Waals surface area contributed by atoms with Gasteiger partial charge in [-0.15, -0.1) is 0 Å². The highest BCUT2D eigenvalue weighted by Crippen LogP contribution is 2.30. The molecule has 1 aliphatic carbocycles. The van der Waals surface area contributed by atoms with Crippen molar-refractivity contribution in [3.8, 4) is 5.75 Å². The van der Waals surface area contributed by atoms with Crippen LogP contribution in [0.4, 0.5) is 0 Å². The van der Waals surface area contributed by atoms with E-state index >= 15 is 0 Å². The fraction of sp³-hybridized carbons (Fsp3) is 0.571. The van der Waals surface area contributed by atoms with Gasteiger partial charge in [0, 0.05) is 16.6 Å². The van der Waals surface area contributed by atoms with Gasteiger partial charge in [0.1, 0.15) is 18.5 Å². The maximum absolute atomic E-state index is 9.86. The van der Waals surface area contributed by atoms with Crippen LogP contribution in [0.25, 0.3) is 0 Å². The third kappa shape index (κ3) is 3.97. The monoisotopic (exact) mass is 313 g/mol. The highest BCUT2D eigenvalue weighted by molar-refractivity contribution is 9.10. The molecule has 18 heavy (non-hydrogen) atoms. The number of ether oxygens (including phenoxy) is 1. The van der Waals surface area contributed by atoms with E-state index in [4.69, 9.17) is 4.74 Å². The molecule has 3 nitrogen and oxygen atoms in total. The molecule has 0 aromatic heterocycles. The molecule has 1 aliphatic rings. The van der Waals surface area contributed by atoms with Gasteiger partial charge >= 0.3 is 0 Å². The SMILES string of the molecule is CC1(NCC(O)COc2cccc(Br)c2)CCC1. The second-order valence-corrected chi connectivity index (χ2v) is 6.13. The minimum atomic E-state index is -0.471. The molecule has 1 aromatic carbocycles. The average molecular weight is 314 g/mol. The van der Waals surface area contributed by atoms with E-state index in [0.29, 0.717) is 13.2 Å². The topological polar surface area (TPSA) is 41.5 Å². The minimum Gasteiger partial charge on any atom is -0.491 e. The largest absolute Gasteiger partial charge is 0.491 e. The fourth-order valence-corrected chi connectivity index (χ4v) is 2.43. The van der Waals surface area contributed by atoms with Gasteiger partial charge in [-0.25, -0.2) is 0 Å². The smallest absolute Gasteiger partial charge is 0.120 e. The molecule has 1 fully saturated rings. The summed E-state index contributed by atoms with van der Waals surface area (Å²) in [6, 6.07) is 7.65. The third-order valence-electron chi connectivity index (χ3n) is 3.46. The Kier molecular flexibility index (Phi) is 4.65. The van der Waals surface area contributed by atoms with Gasteiger partial charge in [-0.2, -0.15) is 0 Å². The second kappa shape index (κ2) is 6.04. The van der Waals surface area contributed by atoms with E-state index in [1.165, 1.54) is 19.3 Å². The molecule has 4 heteroatoms. The first-order valence-electron chi connectivity index (χ1n) is 6.39. The van der Waals surface area contributed by atoms with Crippen molar-refractivity contribution >= 4 is 15.9 Å². The molecular weight excluding hydrogens is 294 g/mol. The van der Waals surface area contributed by atoms with Crippen LogP contribution in [0.2, 0.25) is 0 Å². The Bertz CT molecular complexity index is 393. The van der Waals surface area contributed by atoms with Crippen LogP contribution >= 0.6 is 15.9 Å². The van der Waals surface area contributed by atoms with Crippen molar-refractivity contribution in [2.45, 2.75) is 37.8 Å². The molecular formula is C14H20BrNO2. The summed E-state index contributed by atoms with van der Waals surface area (Å²) >= 11 is 3.39. The number of nitrogens with one attached hydrogen (secondary N) is 1. The van der Waals surface area contributed by atoms with Gasteiger partial charge in [-0.3, -0.25) is 0 Å². The van der Waals surface area contributed by atoms with Crippen molar-refractivity contribution < 1.29 is 9.84 Å². The van der Waals surface area contributed by atoms with Gasteiger partial charge in [-0.1, -0.05) is 22.0 Å². The summed E-state index contributed by atoms with van der Waals surface area (Å²) in [7, 11) is 0. The van der Waals surface area contributed by atoms with Crippen LogP contribution in [-0.4, -0.2) is 29.9 Å². The van der Waals surface area contributed by atoms with Gasteiger partial charge in [0.15, 0.2) is 0 Å². The summed E-state index contributed by atoms with van der Waals surface area (Å²) in [5.74, 6) is 0.776. The summed E-state index contributed by atoms with van der Waals surface area (Å²) in [6.45, 7) is 3.11. The number of β-amino-alcohol motifs (C(OH)–C–C–N with tert-alkyl or cyclic N) is 1. The second-order valence-electron chi connectivity index (χ2n) is 5.22. The number of benzene rings is 1. The molecule has 0 spiro atoms. The van der Waals surface area contributed by atoms with E-state index in [-0.39, 0.29) is 5.54 Å². The first-order valence-corrected chi connectivity index (χ1v) is 7.18. The van der Waals surface area contributed by atoms with E-state index in [0.717, 1.165) is 10.2 Å². The first-order chi connectivity index (χ1) is 8.57. The van der Waals surface area contributed by atoms with Crippen molar-refractivity contribution in [2.24, 2.45) is 0 Å². The third-order valence-corrected chi connectivity index (χ3v) is 3.95. The Morgan fingerprint density at radius 1 is 1.50 bits per heavy atom. The summed E-state index contributed by atoms with van der Waals surface area (Å²) in [5.41, 5.74) is 0.233. The van der Waals surface area contributed by atoms with Gasteiger partial charge in [0.2, 0.25) is 0 Å². The molecule has 1 atom stereocenters. The van der Waals surface area contributed by atoms with Crippen molar-refractivity contribution in [1.29, 1.82) is 0 Å². The van der Waals surface area contributed by atoms with Crippen LogP contribution in [0.3, 0.4) is 0 Å². The number of rotatable bonds is 6. The minimum absolute atomic E-state index is 0.233. The van der Waals surface area contributed by atoms with Gasteiger partial charge in [0.05, 0.1) is 0 Å². The molecule has 1 saturated carbocycles. The van der Waals surface area contributed by atoms with Gasteiger partial charge in [0.25, 0.3) is 0 Å². The van der Waals surface area contributed by atoms with Crippen molar-refractivity contribution in [3.05, 3.63) is 28.7 Å². The first kappa shape index (κ1) is 13.8. The van der Waals surface area contributed by atoms with Crippen molar-refractivity contribution in [2.75, 3.05) is 13.2 Å². The molecule has 2 N–H and O–H groups in total. The number of hydrogen-bond acceptors (Lipinski definition) is 3. The molecule has 0 heterocycles. The molecule has 0 saturated heterocycles. The Morgan fingerprint density at radius 3 is 2.89 bits per heavy atom. The predicted octanol–water partition coefficient (Wildman–Crippen LogP) is 2.72. The lowest BCUT2D eigenvalue weighted by Crippen LogP contribution is -2.51. The normalized spacial score (nSPS) is 19.1. The lowest BCUT2D eigenvalue weighted by atomic mass is 9.78. The summed E-state index contributed by atoms with van der Waals surface area (Å²) in [4.78, 5) is 0. The number of hydrogen-bond donors (Lipinski definition) is 2. The molecule has 1 aromatic rings. The van der Waals surface area contributed by atoms with Crippen LogP contribution in [0, 0.1) is 0 Å². The standard InChI is InChI=1S/C14H20BrNO2/c1-14(6-3-7-14)16-9-12(17)10-18-13-5-2-4-11(15)8-13/h2,4-5,8,12,16-17H,3,6-7,9-10H2,1H3. The molecule has 0 bridgehead atoms. The average Bonchev–Trinajstić information content (AvgIpc) is 2.31. The molecule has 100 valence electrons. The maximum atomic E-state index is 9.86.